The number of nitrogens with zero attached hydrogens (tertiary/aromatic N) is 1. The summed E-state index contributed by atoms with van der Waals surface area (Å²) in [7, 11) is 0. The highest BCUT2D eigenvalue weighted by molar-refractivity contribution is 5.79. The smallest absolute Gasteiger partial charge is 0.261 e. The molecular weight excluding hydrogens is 230 g/mol. The normalized spacial score (nSPS) is 10.5. The number of hydrogen-bond acceptors (Lipinski definition) is 3. The molecule has 106 valence electrons. The van der Waals surface area contributed by atoms with Crippen LogP contribution in [0.2, 0.25) is 0 Å². The summed E-state index contributed by atoms with van der Waals surface area (Å²) < 4.78 is 0. The summed E-state index contributed by atoms with van der Waals surface area (Å²) in [5.74, 6) is -0.237. The summed E-state index contributed by atoms with van der Waals surface area (Å²) in [6.45, 7) is 1.72. The molecule has 0 aliphatic carbocycles. The van der Waals surface area contributed by atoms with Gasteiger partial charge in [-0.05, 0) is 6.42 Å². The molecule has 0 radical (unpaired) electrons. The monoisotopic (exact) mass is 257 g/mol. The quantitative estimate of drug-likeness (QED) is 0.283. The molecule has 0 aliphatic heterocycles. The predicted octanol–water partition coefficient (Wildman–Crippen LogP) is 4.14. The topological polar surface area (TPSA) is 60.2 Å². The van der Waals surface area contributed by atoms with Gasteiger partial charge in [-0.1, -0.05) is 64.7 Å². The van der Waals surface area contributed by atoms with Gasteiger partial charge in [-0.25, -0.2) is 0 Å². The molecule has 0 rings (SSSR count). The van der Waals surface area contributed by atoms with E-state index in [1.165, 1.54) is 44.9 Å². The largest absolute Gasteiger partial charge is 0.292 e. The Hall–Kier alpha value is -0.930. The van der Waals surface area contributed by atoms with Crippen LogP contribution in [0.3, 0.4) is 0 Å². The maximum absolute atomic E-state index is 11.0. The van der Waals surface area contributed by atoms with E-state index in [0.29, 0.717) is 6.42 Å². The average Bonchev–Trinajstić information content (AvgIpc) is 2.30. The first kappa shape index (κ1) is 17.1. The Morgan fingerprint density at radius 3 is 1.78 bits per heavy atom. The fourth-order valence-electron chi connectivity index (χ4n) is 2.03. The molecule has 0 unspecified atom stereocenters. The molecule has 18 heavy (non-hydrogen) atoms. The van der Waals surface area contributed by atoms with Crippen LogP contribution < -0.4 is 0 Å². The van der Waals surface area contributed by atoms with E-state index in [-0.39, 0.29) is 5.78 Å². The minimum Gasteiger partial charge on any atom is -0.292 e. The zero-order valence-electron chi connectivity index (χ0n) is 11.7. The molecule has 0 amide bonds. The number of ketones is 1. The SMILES string of the molecule is CCCCCCCCCCCCC(=O)C[N+](=O)[O-]. The second-order valence-electron chi connectivity index (χ2n) is 4.96. The Labute approximate surface area is 110 Å². The van der Waals surface area contributed by atoms with Crippen molar-refractivity contribution in [2.45, 2.75) is 77.6 Å². The van der Waals surface area contributed by atoms with E-state index in [1.807, 2.05) is 0 Å². The number of rotatable bonds is 13. The van der Waals surface area contributed by atoms with E-state index in [9.17, 15) is 14.9 Å². The van der Waals surface area contributed by atoms with Crippen LogP contribution in [0.5, 0.6) is 0 Å². The van der Waals surface area contributed by atoms with Crippen molar-refractivity contribution in [3.05, 3.63) is 10.1 Å². The first-order chi connectivity index (χ1) is 8.66. The first-order valence-corrected chi connectivity index (χ1v) is 7.30. The molecule has 0 fully saturated rings. The number of Topliss-reactive ketones (excluding diaryl/α,β-unsaturated/α-hetero) is 1. The molecule has 4 nitrogen and oxygen atoms in total. The van der Waals surface area contributed by atoms with Gasteiger partial charge in [0, 0.05) is 11.3 Å². The minimum atomic E-state index is -0.543. The third kappa shape index (κ3) is 13.1. The number of nitro groups is 1. The van der Waals surface area contributed by atoms with Crippen molar-refractivity contribution in [2.75, 3.05) is 6.54 Å². The van der Waals surface area contributed by atoms with Gasteiger partial charge in [0.25, 0.3) is 6.54 Å². The summed E-state index contributed by atoms with van der Waals surface area (Å²) >= 11 is 0. The highest BCUT2D eigenvalue weighted by Gasteiger charge is 2.08. The fraction of sp³-hybridized carbons (Fsp3) is 0.929. The molecule has 0 saturated carbocycles. The van der Waals surface area contributed by atoms with Crippen molar-refractivity contribution in [3.8, 4) is 0 Å². The first-order valence-electron chi connectivity index (χ1n) is 7.30. The molecule has 0 aromatic carbocycles. The van der Waals surface area contributed by atoms with E-state index in [2.05, 4.69) is 6.92 Å². The van der Waals surface area contributed by atoms with Crippen LogP contribution in [0, 0.1) is 10.1 Å². The van der Waals surface area contributed by atoms with Gasteiger partial charge >= 0.3 is 0 Å². The van der Waals surface area contributed by atoms with Gasteiger partial charge in [0.15, 0.2) is 0 Å². The van der Waals surface area contributed by atoms with Crippen LogP contribution >= 0.6 is 0 Å². The molecule has 0 heterocycles. The van der Waals surface area contributed by atoms with Crippen LogP contribution in [-0.4, -0.2) is 17.3 Å². The maximum Gasteiger partial charge on any atom is 0.261 e. The van der Waals surface area contributed by atoms with Gasteiger partial charge in [0.2, 0.25) is 5.78 Å². The summed E-state index contributed by atoms with van der Waals surface area (Å²) in [6, 6.07) is 0. The standard InChI is InChI=1S/C14H27NO3/c1-2-3-4-5-6-7-8-9-10-11-12-14(16)13-15(17)18/h2-13H2,1H3. The number of carbonyl (C=O) groups is 1. The van der Waals surface area contributed by atoms with Crippen molar-refractivity contribution in [3.63, 3.8) is 0 Å². The summed E-state index contributed by atoms with van der Waals surface area (Å²) in [6.07, 6.45) is 12.5. The second-order valence-corrected chi connectivity index (χ2v) is 4.96. The third-order valence-corrected chi connectivity index (χ3v) is 3.11. The zero-order valence-corrected chi connectivity index (χ0v) is 11.7. The zero-order chi connectivity index (χ0) is 13.6. The molecule has 0 aromatic heterocycles. The molecule has 0 spiro atoms. The fourth-order valence-corrected chi connectivity index (χ4v) is 2.03. The third-order valence-electron chi connectivity index (χ3n) is 3.11. The van der Waals surface area contributed by atoms with Crippen LogP contribution in [0.4, 0.5) is 0 Å². The molecule has 4 heteroatoms. The predicted molar refractivity (Wildman–Crippen MR) is 73.3 cm³/mol. The van der Waals surface area contributed by atoms with Gasteiger partial charge in [0.05, 0.1) is 0 Å². The van der Waals surface area contributed by atoms with Crippen molar-refractivity contribution >= 4 is 5.78 Å². The molecule has 0 aliphatic rings. The van der Waals surface area contributed by atoms with Crippen LogP contribution in [0.25, 0.3) is 0 Å². The van der Waals surface area contributed by atoms with E-state index < -0.39 is 11.5 Å². The second kappa shape index (κ2) is 12.5. The molecule has 0 aromatic rings. The lowest BCUT2D eigenvalue weighted by Crippen LogP contribution is -2.12. The summed E-state index contributed by atoms with van der Waals surface area (Å²) in [5, 5.41) is 10.1. The molecule has 0 N–H and O–H groups in total. The van der Waals surface area contributed by atoms with Crippen molar-refractivity contribution in [1.82, 2.24) is 0 Å². The molecular formula is C14H27NO3. The number of unbranched alkanes of at least 4 members (excludes halogenated alkanes) is 9. The Kier molecular flexibility index (Phi) is 11.9. The van der Waals surface area contributed by atoms with Crippen LogP contribution in [0.15, 0.2) is 0 Å². The molecule has 0 atom stereocenters. The van der Waals surface area contributed by atoms with E-state index in [0.717, 1.165) is 19.3 Å². The number of carbonyl (C=O) groups excluding carboxylic acids is 1. The van der Waals surface area contributed by atoms with E-state index in [1.54, 1.807) is 0 Å². The van der Waals surface area contributed by atoms with Gasteiger partial charge in [-0.2, -0.15) is 0 Å². The van der Waals surface area contributed by atoms with Crippen molar-refractivity contribution in [2.24, 2.45) is 0 Å². The number of hydrogen-bond donors (Lipinski definition) is 0. The highest BCUT2D eigenvalue weighted by Crippen LogP contribution is 2.11. The summed E-state index contributed by atoms with van der Waals surface area (Å²) in [4.78, 5) is 20.6. The Balaban J connectivity index is 3.11. The Morgan fingerprint density at radius 1 is 0.889 bits per heavy atom. The lowest BCUT2D eigenvalue weighted by Gasteiger charge is -2.01. The van der Waals surface area contributed by atoms with Crippen molar-refractivity contribution in [1.29, 1.82) is 0 Å². The average molecular weight is 257 g/mol. The molecule has 0 saturated heterocycles. The van der Waals surface area contributed by atoms with Gasteiger partial charge in [-0.3, -0.25) is 14.9 Å². The van der Waals surface area contributed by atoms with Crippen LogP contribution in [-0.2, 0) is 4.79 Å². The van der Waals surface area contributed by atoms with Crippen molar-refractivity contribution < 1.29 is 9.72 Å². The maximum atomic E-state index is 11.0. The van der Waals surface area contributed by atoms with E-state index in [4.69, 9.17) is 0 Å². The van der Waals surface area contributed by atoms with Gasteiger partial charge in [-0.15, -0.1) is 0 Å². The lowest BCUT2D eigenvalue weighted by atomic mass is 10.1. The summed E-state index contributed by atoms with van der Waals surface area (Å²) in [5.41, 5.74) is 0. The highest BCUT2D eigenvalue weighted by atomic mass is 16.6. The van der Waals surface area contributed by atoms with Gasteiger partial charge < -0.3 is 0 Å². The van der Waals surface area contributed by atoms with E-state index >= 15 is 0 Å². The molecule has 0 bridgehead atoms. The van der Waals surface area contributed by atoms with Gasteiger partial charge in [0.1, 0.15) is 0 Å². The minimum absolute atomic E-state index is 0.237. The Bertz CT molecular complexity index is 229. The lowest BCUT2D eigenvalue weighted by molar-refractivity contribution is -0.467. The van der Waals surface area contributed by atoms with Crippen LogP contribution in [0.1, 0.15) is 77.6 Å². The Morgan fingerprint density at radius 2 is 1.33 bits per heavy atom.